The number of ether oxygens (including phenoxy) is 1. The van der Waals surface area contributed by atoms with Crippen molar-refractivity contribution in [2.24, 2.45) is 5.73 Å². The van der Waals surface area contributed by atoms with Crippen LogP contribution in [0.2, 0.25) is 0 Å². The summed E-state index contributed by atoms with van der Waals surface area (Å²) in [5, 5.41) is 8.96. The molecule has 1 aromatic heterocycles. The topological polar surface area (TPSA) is 76.9 Å². The van der Waals surface area contributed by atoms with E-state index in [4.69, 9.17) is 15.7 Å². The average molecular weight is 270 g/mol. The minimum atomic E-state index is 0.105. The summed E-state index contributed by atoms with van der Waals surface area (Å²) in [6.07, 6.45) is 4.56. The lowest BCUT2D eigenvalue weighted by atomic mass is 10.1. The lowest BCUT2D eigenvalue weighted by Crippen LogP contribution is -2.17. The molecule has 0 fully saturated rings. The number of hydrogen-bond acceptors (Lipinski definition) is 4. The van der Waals surface area contributed by atoms with E-state index in [9.17, 15) is 0 Å². The largest absolute Gasteiger partial charge is 0.495 e. The zero-order valence-corrected chi connectivity index (χ0v) is 11.7. The molecule has 0 amide bonds. The van der Waals surface area contributed by atoms with Gasteiger partial charge < -0.3 is 15.0 Å². The van der Waals surface area contributed by atoms with Gasteiger partial charge in [0.05, 0.1) is 24.7 Å². The molecular formula is C15H18N4O. The second kappa shape index (κ2) is 6.22. The van der Waals surface area contributed by atoms with Crippen molar-refractivity contribution in [1.29, 1.82) is 5.26 Å². The van der Waals surface area contributed by atoms with Crippen molar-refractivity contribution in [1.82, 2.24) is 9.55 Å². The fourth-order valence-electron chi connectivity index (χ4n) is 2.07. The van der Waals surface area contributed by atoms with Gasteiger partial charge in [0.15, 0.2) is 0 Å². The van der Waals surface area contributed by atoms with E-state index < -0.39 is 0 Å². The summed E-state index contributed by atoms with van der Waals surface area (Å²) < 4.78 is 7.21. The van der Waals surface area contributed by atoms with Gasteiger partial charge in [0.2, 0.25) is 0 Å². The maximum absolute atomic E-state index is 8.96. The molecule has 0 spiro atoms. The third-order valence-corrected chi connectivity index (χ3v) is 2.97. The SMILES string of the molecule is COc1cc(Cn2cnc(CC(C)N)c2)ccc1C#N. The number of nitrogens with zero attached hydrogens (tertiary/aromatic N) is 3. The molecule has 1 atom stereocenters. The van der Waals surface area contributed by atoms with E-state index in [0.717, 1.165) is 17.7 Å². The summed E-state index contributed by atoms with van der Waals surface area (Å²) >= 11 is 0. The van der Waals surface area contributed by atoms with Gasteiger partial charge in [-0.15, -0.1) is 0 Å². The molecule has 5 heteroatoms. The van der Waals surface area contributed by atoms with Crippen molar-refractivity contribution >= 4 is 0 Å². The normalized spacial score (nSPS) is 11.9. The molecule has 1 heterocycles. The highest BCUT2D eigenvalue weighted by molar-refractivity contribution is 5.45. The van der Waals surface area contributed by atoms with Crippen LogP contribution in [0, 0.1) is 11.3 Å². The van der Waals surface area contributed by atoms with Crippen LogP contribution in [-0.2, 0) is 13.0 Å². The summed E-state index contributed by atoms with van der Waals surface area (Å²) in [5.74, 6) is 0.598. The van der Waals surface area contributed by atoms with Crippen molar-refractivity contribution in [3.8, 4) is 11.8 Å². The Kier molecular flexibility index (Phi) is 4.38. The maximum Gasteiger partial charge on any atom is 0.136 e. The Morgan fingerprint density at radius 3 is 2.95 bits per heavy atom. The monoisotopic (exact) mass is 270 g/mol. The molecule has 2 aromatic rings. The van der Waals surface area contributed by atoms with E-state index in [-0.39, 0.29) is 6.04 Å². The first-order chi connectivity index (χ1) is 9.62. The summed E-state index contributed by atoms with van der Waals surface area (Å²) in [6.45, 7) is 2.65. The Morgan fingerprint density at radius 1 is 1.50 bits per heavy atom. The first kappa shape index (κ1) is 14.1. The zero-order chi connectivity index (χ0) is 14.5. The van der Waals surface area contributed by atoms with E-state index in [1.54, 1.807) is 19.5 Å². The highest BCUT2D eigenvalue weighted by Crippen LogP contribution is 2.20. The molecule has 0 saturated carbocycles. The van der Waals surface area contributed by atoms with Crippen LogP contribution in [0.3, 0.4) is 0 Å². The standard InChI is InChI=1S/C15H18N4O/c1-11(17)5-14-9-19(10-18-14)8-12-3-4-13(7-16)15(6-12)20-2/h3-4,6,9-11H,5,8,17H2,1-2H3. The van der Waals surface area contributed by atoms with E-state index in [1.807, 2.05) is 29.8 Å². The molecule has 20 heavy (non-hydrogen) atoms. The van der Waals surface area contributed by atoms with Crippen molar-refractivity contribution in [2.45, 2.75) is 25.9 Å². The van der Waals surface area contributed by atoms with Gasteiger partial charge in [-0.25, -0.2) is 4.98 Å². The highest BCUT2D eigenvalue weighted by Gasteiger charge is 2.06. The van der Waals surface area contributed by atoms with E-state index in [1.165, 1.54) is 0 Å². The van der Waals surface area contributed by atoms with Gasteiger partial charge >= 0.3 is 0 Å². The summed E-state index contributed by atoms with van der Waals surface area (Å²) in [6, 6.07) is 7.78. The molecule has 0 radical (unpaired) electrons. The Labute approximate surface area is 118 Å². The van der Waals surface area contributed by atoms with E-state index >= 15 is 0 Å². The molecular weight excluding hydrogens is 252 g/mol. The second-order valence-electron chi connectivity index (χ2n) is 4.87. The van der Waals surface area contributed by atoms with Gasteiger partial charge in [-0.3, -0.25) is 0 Å². The molecule has 0 bridgehead atoms. The lowest BCUT2D eigenvalue weighted by Gasteiger charge is -2.07. The van der Waals surface area contributed by atoms with Crippen LogP contribution in [0.5, 0.6) is 5.75 Å². The Morgan fingerprint density at radius 2 is 2.30 bits per heavy atom. The van der Waals surface area contributed by atoms with Crippen LogP contribution < -0.4 is 10.5 Å². The first-order valence-corrected chi connectivity index (χ1v) is 6.45. The molecule has 2 N–H and O–H groups in total. The number of aromatic nitrogens is 2. The van der Waals surface area contributed by atoms with Crippen LogP contribution in [-0.4, -0.2) is 22.7 Å². The number of methoxy groups -OCH3 is 1. The average Bonchev–Trinajstić information content (AvgIpc) is 2.85. The third-order valence-electron chi connectivity index (χ3n) is 2.97. The number of benzene rings is 1. The van der Waals surface area contributed by atoms with Crippen molar-refractivity contribution in [3.05, 3.63) is 47.5 Å². The quantitative estimate of drug-likeness (QED) is 0.897. The molecule has 0 saturated heterocycles. The van der Waals surface area contributed by atoms with Gasteiger partial charge in [0, 0.05) is 25.2 Å². The van der Waals surface area contributed by atoms with Gasteiger partial charge in [-0.2, -0.15) is 5.26 Å². The third kappa shape index (κ3) is 3.37. The fourth-order valence-corrected chi connectivity index (χ4v) is 2.07. The Bertz CT molecular complexity index is 625. The minimum absolute atomic E-state index is 0.105. The number of imidazole rings is 1. The van der Waals surface area contributed by atoms with Crippen LogP contribution in [0.4, 0.5) is 0 Å². The fraction of sp³-hybridized carbons (Fsp3) is 0.333. The van der Waals surface area contributed by atoms with Gasteiger partial charge in [0.25, 0.3) is 0 Å². The predicted octanol–water partition coefficient (Wildman–Crippen LogP) is 1.70. The van der Waals surface area contributed by atoms with Crippen molar-refractivity contribution in [2.75, 3.05) is 7.11 Å². The zero-order valence-electron chi connectivity index (χ0n) is 11.7. The Hall–Kier alpha value is -2.32. The maximum atomic E-state index is 8.96. The summed E-state index contributed by atoms with van der Waals surface area (Å²) in [5.41, 5.74) is 8.35. The molecule has 1 unspecified atom stereocenters. The van der Waals surface area contributed by atoms with Crippen molar-refractivity contribution < 1.29 is 4.74 Å². The molecule has 104 valence electrons. The predicted molar refractivity (Wildman–Crippen MR) is 76.4 cm³/mol. The molecule has 5 nitrogen and oxygen atoms in total. The van der Waals surface area contributed by atoms with Crippen LogP contribution >= 0.6 is 0 Å². The highest BCUT2D eigenvalue weighted by atomic mass is 16.5. The first-order valence-electron chi connectivity index (χ1n) is 6.45. The second-order valence-corrected chi connectivity index (χ2v) is 4.87. The minimum Gasteiger partial charge on any atom is -0.495 e. The molecule has 0 aliphatic carbocycles. The number of rotatable bonds is 5. The number of nitrogens with two attached hydrogens (primary N) is 1. The molecule has 0 aliphatic rings. The van der Waals surface area contributed by atoms with E-state index in [2.05, 4.69) is 11.1 Å². The van der Waals surface area contributed by atoms with Gasteiger partial charge in [0.1, 0.15) is 11.8 Å². The smallest absolute Gasteiger partial charge is 0.136 e. The van der Waals surface area contributed by atoms with Crippen molar-refractivity contribution in [3.63, 3.8) is 0 Å². The molecule has 0 aliphatic heterocycles. The van der Waals surface area contributed by atoms with Gasteiger partial charge in [-0.1, -0.05) is 6.07 Å². The van der Waals surface area contributed by atoms with Crippen LogP contribution in [0.1, 0.15) is 23.7 Å². The summed E-state index contributed by atoms with van der Waals surface area (Å²) in [4.78, 5) is 4.33. The Balaban J connectivity index is 2.14. The van der Waals surface area contributed by atoms with Crippen LogP contribution in [0.25, 0.3) is 0 Å². The lowest BCUT2D eigenvalue weighted by molar-refractivity contribution is 0.413. The van der Waals surface area contributed by atoms with E-state index in [0.29, 0.717) is 17.9 Å². The van der Waals surface area contributed by atoms with Gasteiger partial charge in [-0.05, 0) is 24.6 Å². The molecule has 1 aromatic carbocycles. The van der Waals surface area contributed by atoms with Crippen LogP contribution in [0.15, 0.2) is 30.7 Å². The number of hydrogen-bond donors (Lipinski definition) is 1. The number of nitriles is 1. The summed E-state index contributed by atoms with van der Waals surface area (Å²) in [7, 11) is 1.57. The molecule has 2 rings (SSSR count).